The Labute approximate surface area is 149 Å². The van der Waals surface area contributed by atoms with Crippen molar-refractivity contribution in [3.8, 4) is 11.5 Å². The minimum Gasteiger partial charge on any atom is -0.456 e. The van der Waals surface area contributed by atoms with Crippen LogP contribution in [0.25, 0.3) is 0 Å². The number of rotatable bonds is 5. The van der Waals surface area contributed by atoms with Crippen molar-refractivity contribution in [3.63, 3.8) is 0 Å². The van der Waals surface area contributed by atoms with Gasteiger partial charge in [0.15, 0.2) is 0 Å². The lowest BCUT2D eigenvalue weighted by Gasteiger charge is -2.26. The average Bonchev–Trinajstić information content (AvgIpc) is 2.47. The number of nitrogens with zero attached hydrogens (tertiary/aromatic N) is 1. The van der Waals surface area contributed by atoms with Crippen LogP contribution in [-0.2, 0) is 5.92 Å². The van der Waals surface area contributed by atoms with Gasteiger partial charge in [-0.3, -0.25) is 10.1 Å². The predicted octanol–water partition coefficient (Wildman–Crippen LogP) is 6.57. The maximum Gasteiger partial charge on any atom is 0.273 e. The Balaban J connectivity index is 2.26. The molecule has 0 saturated heterocycles. The summed E-state index contributed by atoms with van der Waals surface area (Å²) in [7, 11) is 0. The Morgan fingerprint density at radius 3 is 2.40 bits per heavy atom. The van der Waals surface area contributed by atoms with Crippen LogP contribution in [-0.4, -0.2) is 4.92 Å². The highest BCUT2D eigenvalue weighted by Crippen LogP contribution is 2.41. The van der Waals surface area contributed by atoms with E-state index >= 15 is 0 Å². The summed E-state index contributed by atoms with van der Waals surface area (Å²) in [6, 6.07) is 9.31. The molecule has 25 heavy (non-hydrogen) atoms. The molecule has 0 aliphatic carbocycles. The van der Waals surface area contributed by atoms with E-state index in [1.54, 1.807) is 20.8 Å². The summed E-state index contributed by atoms with van der Waals surface area (Å²) in [5.41, 5.74) is -0.872. The molecule has 2 rings (SSSR count). The zero-order valence-electron chi connectivity index (χ0n) is 14.1. The van der Waals surface area contributed by atoms with Gasteiger partial charge in [0.2, 0.25) is 0 Å². The normalized spacial score (nSPS) is 12.1. The molecule has 0 radical (unpaired) electrons. The number of benzene rings is 2. The van der Waals surface area contributed by atoms with Crippen LogP contribution >= 0.6 is 11.6 Å². The van der Waals surface area contributed by atoms with E-state index in [9.17, 15) is 18.9 Å². The molecule has 0 bridgehead atoms. The number of hydrogen-bond donors (Lipinski definition) is 0. The van der Waals surface area contributed by atoms with Gasteiger partial charge in [0.1, 0.15) is 11.5 Å². The Hall–Kier alpha value is -2.21. The molecule has 0 atom stereocenters. The maximum absolute atomic E-state index is 14.4. The van der Waals surface area contributed by atoms with Gasteiger partial charge in [-0.15, -0.1) is 0 Å². The minimum atomic E-state index is -3.00. The summed E-state index contributed by atoms with van der Waals surface area (Å²) < 4.78 is 34.4. The molecule has 0 unspecified atom stereocenters. The first-order valence-electron chi connectivity index (χ1n) is 7.58. The highest BCUT2D eigenvalue weighted by Gasteiger charge is 2.36. The minimum absolute atomic E-state index is 0.0288. The molecule has 0 heterocycles. The summed E-state index contributed by atoms with van der Waals surface area (Å²) in [6.07, 6.45) is -0.304. The second kappa shape index (κ2) is 6.96. The Morgan fingerprint density at radius 1 is 1.16 bits per heavy atom. The van der Waals surface area contributed by atoms with Crippen LogP contribution in [0.5, 0.6) is 11.5 Å². The van der Waals surface area contributed by atoms with Crippen molar-refractivity contribution < 1.29 is 18.4 Å². The molecule has 134 valence electrons. The van der Waals surface area contributed by atoms with Crippen molar-refractivity contribution in [3.05, 3.63) is 63.2 Å². The standard InChI is InChI=1S/C18H18ClF2NO3/c1-17(2,3)11-18(20,21)12-5-4-6-14(9-12)25-16-8-7-13(22(23)24)10-15(16)19/h4-10H,11H2,1-3H3. The van der Waals surface area contributed by atoms with E-state index in [1.165, 1.54) is 36.4 Å². The fourth-order valence-electron chi connectivity index (χ4n) is 2.37. The molecule has 0 aromatic heterocycles. The fourth-order valence-corrected chi connectivity index (χ4v) is 2.58. The number of nitro groups is 1. The molecule has 0 N–H and O–H groups in total. The third-order valence-electron chi connectivity index (χ3n) is 3.36. The van der Waals surface area contributed by atoms with Gasteiger partial charge >= 0.3 is 0 Å². The zero-order chi connectivity index (χ0) is 18.8. The molecule has 0 amide bonds. The van der Waals surface area contributed by atoms with Crippen molar-refractivity contribution in [2.45, 2.75) is 33.1 Å². The fraction of sp³-hybridized carbons (Fsp3) is 0.333. The summed E-state index contributed by atoms with van der Waals surface area (Å²) in [5, 5.41) is 10.7. The van der Waals surface area contributed by atoms with Crippen LogP contribution in [0.1, 0.15) is 32.8 Å². The van der Waals surface area contributed by atoms with E-state index in [1.807, 2.05) is 0 Å². The summed E-state index contributed by atoms with van der Waals surface area (Å²) in [4.78, 5) is 10.1. The number of hydrogen-bond acceptors (Lipinski definition) is 3. The van der Waals surface area contributed by atoms with Crippen LogP contribution in [0, 0.1) is 15.5 Å². The van der Waals surface area contributed by atoms with Crippen molar-refractivity contribution in [1.29, 1.82) is 0 Å². The number of nitro benzene ring substituents is 1. The van der Waals surface area contributed by atoms with Gasteiger partial charge in [-0.1, -0.05) is 44.5 Å². The molecule has 0 aliphatic rings. The smallest absolute Gasteiger partial charge is 0.273 e. The van der Waals surface area contributed by atoms with Crippen molar-refractivity contribution in [2.75, 3.05) is 0 Å². The van der Waals surface area contributed by atoms with Gasteiger partial charge in [-0.05, 0) is 23.6 Å². The SMILES string of the molecule is CC(C)(C)CC(F)(F)c1cccc(Oc2ccc([N+](=O)[O-])cc2Cl)c1. The second-order valence-corrected chi connectivity index (χ2v) is 7.35. The van der Waals surface area contributed by atoms with E-state index in [4.69, 9.17) is 16.3 Å². The molecule has 0 aliphatic heterocycles. The Bertz CT molecular complexity index is 788. The third kappa shape index (κ3) is 5.13. The van der Waals surface area contributed by atoms with Gasteiger partial charge in [-0.2, -0.15) is 0 Å². The van der Waals surface area contributed by atoms with Gasteiger partial charge in [-0.25, -0.2) is 8.78 Å². The van der Waals surface area contributed by atoms with Crippen molar-refractivity contribution >= 4 is 17.3 Å². The molecule has 0 saturated carbocycles. The first-order chi connectivity index (χ1) is 11.5. The van der Waals surface area contributed by atoms with Crippen LogP contribution in [0.3, 0.4) is 0 Å². The molecule has 7 heteroatoms. The second-order valence-electron chi connectivity index (χ2n) is 6.94. The Kier molecular flexibility index (Phi) is 5.32. The number of halogens is 3. The molecular formula is C18H18ClF2NO3. The van der Waals surface area contributed by atoms with Gasteiger partial charge in [0.05, 0.1) is 9.95 Å². The van der Waals surface area contributed by atoms with Crippen molar-refractivity contribution in [2.24, 2.45) is 5.41 Å². The molecule has 4 nitrogen and oxygen atoms in total. The van der Waals surface area contributed by atoms with Crippen LogP contribution in [0.2, 0.25) is 5.02 Å². The molecular weight excluding hydrogens is 352 g/mol. The van der Waals surface area contributed by atoms with Crippen LogP contribution in [0.15, 0.2) is 42.5 Å². The first-order valence-corrected chi connectivity index (χ1v) is 7.96. The third-order valence-corrected chi connectivity index (χ3v) is 3.66. The molecule has 2 aromatic carbocycles. The number of ether oxygens (including phenoxy) is 1. The molecule has 0 fully saturated rings. The first kappa shape index (κ1) is 19.1. The van der Waals surface area contributed by atoms with E-state index in [-0.39, 0.29) is 34.2 Å². The van der Waals surface area contributed by atoms with E-state index < -0.39 is 16.3 Å². The molecule has 2 aromatic rings. The quantitative estimate of drug-likeness (QED) is 0.442. The van der Waals surface area contributed by atoms with Crippen molar-refractivity contribution in [1.82, 2.24) is 0 Å². The number of alkyl halides is 2. The van der Waals surface area contributed by atoms with E-state index in [0.717, 1.165) is 6.07 Å². The number of non-ortho nitro benzene ring substituents is 1. The van der Waals surface area contributed by atoms with E-state index in [0.29, 0.717) is 0 Å². The lowest BCUT2D eigenvalue weighted by molar-refractivity contribution is -0.384. The summed E-state index contributed by atoms with van der Waals surface area (Å²) in [6.45, 7) is 5.24. The predicted molar refractivity (Wildman–Crippen MR) is 92.6 cm³/mol. The average molecular weight is 370 g/mol. The largest absolute Gasteiger partial charge is 0.456 e. The highest BCUT2D eigenvalue weighted by atomic mass is 35.5. The lowest BCUT2D eigenvalue weighted by Crippen LogP contribution is -2.22. The van der Waals surface area contributed by atoms with Crippen LogP contribution < -0.4 is 4.74 Å². The Morgan fingerprint density at radius 2 is 1.84 bits per heavy atom. The van der Waals surface area contributed by atoms with E-state index in [2.05, 4.69) is 0 Å². The maximum atomic E-state index is 14.4. The topological polar surface area (TPSA) is 52.4 Å². The zero-order valence-corrected chi connectivity index (χ0v) is 14.8. The molecule has 0 spiro atoms. The highest BCUT2D eigenvalue weighted by molar-refractivity contribution is 6.32. The summed E-state index contributed by atoms with van der Waals surface area (Å²) >= 11 is 5.96. The van der Waals surface area contributed by atoms with Gasteiger partial charge in [0.25, 0.3) is 11.6 Å². The van der Waals surface area contributed by atoms with Gasteiger partial charge in [0, 0.05) is 24.1 Å². The summed E-state index contributed by atoms with van der Waals surface area (Å²) in [5.74, 6) is -2.66. The lowest BCUT2D eigenvalue weighted by atomic mass is 9.86. The van der Waals surface area contributed by atoms with Gasteiger partial charge < -0.3 is 4.74 Å². The van der Waals surface area contributed by atoms with Crippen LogP contribution in [0.4, 0.5) is 14.5 Å². The monoisotopic (exact) mass is 369 g/mol.